The van der Waals surface area contributed by atoms with E-state index >= 15 is 0 Å². The Morgan fingerprint density at radius 3 is 2.78 bits per heavy atom. The molecule has 5 rings (SSSR count). The van der Waals surface area contributed by atoms with Crippen molar-refractivity contribution in [3.05, 3.63) is 64.8 Å². The van der Waals surface area contributed by atoms with E-state index < -0.39 is 0 Å². The number of nitrogens with one attached hydrogen (secondary N) is 2. The zero-order valence-electron chi connectivity index (χ0n) is 20.9. The van der Waals surface area contributed by atoms with Crippen LogP contribution < -0.4 is 15.5 Å². The number of thiazole rings is 1. The van der Waals surface area contributed by atoms with Crippen LogP contribution in [0, 0.1) is 18.7 Å². The van der Waals surface area contributed by atoms with Crippen molar-refractivity contribution in [3.8, 4) is 11.3 Å². The molecule has 1 aliphatic heterocycles. The summed E-state index contributed by atoms with van der Waals surface area (Å²) in [5, 5.41) is 7.48. The molecule has 0 unspecified atom stereocenters. The summed E-state index contributed by atoms with van der Waals surface area (Å²) in [5.74, 6) is 0.415. The van der Waals surface area contributed by atoms with Gasteiger partial charge in [0.25, 0.3) is 0 Å². The van der Waals surface area contributed by atoms with E-state index in [1.807, 2.05) is 24.3 Å². The Labute approximate surface area is 217 Å². The maximum atomic E-state index is 13.5. The third-order valence-electron chi connectivity index (χ3n) is 7.47. The number of benzene rings is 2. The molecule has 7 heteroatoms. The maximum Gasteiger partial charge on any atom is 0.242 e. The number of aromatic nitrogens is 1. The molecule has 1 amide bonds. The molecular formula is C29H35FN4OS. The first-order chi connectivity index (χ1) is 17.6. The molecule has 0 radical (unpaired) electrons. The van der Waals surface area contributed by atoms with E-state index in [0.717, 1.165) is 58.4 Å². The van der Waals surface area contributed by atoms with Gasteiger partial charge in [-0.05, 0) is 49.4 Å². The highest BCUT2D eigenvalue weighted by molar-refractivity contribution is 7.16. The van der Waals surface area contributed by atoms with Crippen molar-refractivity contribution in [2.75, 3.05) is 29.9 Å². The Morgan fingerprint density at radius 1 is 1.17 bits per heavy atom. The van der Waals surface area contributed by atoms with E-state index in [0.29, 0.717) is 12.5 Å². The molecule has 190 valence electrons. The van der Waals surface area contributed by atoms with E-state index in [2.05, 4.69) is 34.6 Å². The lowest BCUT2D eigenvalue weighted by atomic mass is 9.84. The van der Waals surface area contributed by atoms with Crippen LogP contribution in [-0.4, -0.2) is 36.6 Å². The van der Waals surface area contributed by atoms with Crippen molar-refractivity contribution in [1.29, 1.82) is 0 Å². The average molecular weight is 507 g/mol. The highest BCUT2D eigenvalue weighted by atomic mass is 32.1. The standard InChI is InChI=1S/C29H35FN4OS/c1-20-27(22-10-6-3-7-11-22)33-29(36-20)32-25(18-21-8-4-2-5-9-21)28(35)31-15-17-34-16-14-23-19-24(30)12-13-26(23)34/h3,6-7,10-13,19,21,25H,2,4-5,8-9,14-18H2,1H3,(H,31,35)(H,32,33)/t25-/m0/s1. The van der Waals surface area contributed by atoms with Crippen LogP contribution in [0.15, 0.2) is 48.5 Å². The fraction of sp³-hybridized carbons (Fsp3) is 0.448. The first kappa shape index (κ1) is 24.8. The zero-order valence-corrected chi connectivity index (χ0v) is 21.7. The van der Waals surface area contributed by atoms with Gasteiger partial charge in [-0.3, -0.25) is 4.79 Å². The normalized spacial score (nSPS) is 16.6. The molecule has 3 aromatic rings. The number of hydrogen-bond acceptors (Lipinski definition) is 5. The number of amides is 1. The molecule has 36 heavy (non-hydrogen) atoms. The lowest BCUT2D eigenvalue weighted by Gasteiger charge is -2.27. The molecule has 1 aliphatic carbocycles. The number of halogens is 1. The first-order valence-electron chi connectivity index (χ1n) is 13.2. The number of fused-ring (bicyclic) bond motifs is 1. The predicted molar refractivity (Wildman–Crippen MR) is 146 cm³/mol. The highest BCUT2D eigenvalue weighted by Crippen LogP contribution is 2.33. The van der Waals surface area contributed by atoms with Gasteiger partial charge in [0.2, 0.25) is 5.91 Å². The second kappa shape index (κ2) is 11.4. The highest BCUT2D eigenvalue weighted by Gasteiger charge is 2.26. The summed E-state index contributed by atoms with van der Waals surface area (Å²) in [4.78, 5) is 21.6. The van der Waals surface area contributed by atoms with Crippen molar-refractivity contribution < 1.29 is 9.18 Å². The van der Waals surface area contributed by atoms with Crippen molar-refractivity contribution in [2.45, 2.75) is 57.9 Å². The minimum atomic E-state index is -0.303. The van der Waals surface area contributed by atoms with E-state index in [1.54, 1.807) is 17.4 Å². The summed E-state index contributed by atoms with van der Waals surface area (Å²) in [6, 6.07) is 14.9. The molecule has 2 heterocycles. The first-order valence-corrected chi connectivity index (χ1v) is 14.0. The van der Waals surface area contributed by atoms with Crippen molar-refractivity contribution >= 4 is 28.1 Å². The minimum Gasteiger partial charge on any atom is -0.369 e. The van der Waals surface area contributed by atoms with Crippen LogP contribution in [0.3, 0.4) is 0 Å². The lowest BCUT2D eigenvalue weighted by molar-refractivity contribution is -0.122. The molecule has 0 bridgehead atoms. The van der Waals surface area contributed by atoms with E-state index in [1.165, 1.54) is 38.2 Å². The number of anilines is 2. The van der Waals surface area contributed by atoms with Gasteiger partial charge in [-0.25, -0.2) is 9.37 Å². The van der Waals surface area contributed by atoms with Crippen LogP contribution in [-0.2, 0) is 11.2 Å². The summed E-state index contributed by atoms with van der Waals surface area (Å²) in [6.07, 6.45) is 7.87. The molecule has 1 atom stereocenters. The van der Waals surface area contributed by atoms with Gasteiger partial charge in [-0.1, -0.05) is 62.4 Å². The molecule has 2 N–H and O–H groups in total. The quantitative estimate of drug-likeness (QED) is 0.363. The fourth-order valence-corrected chi connectivity index (χ4v) is 6.46. The Kier molecular flexibility index (Phi) is 7.85. The second-order valence-electron chi connectivity index (χ2n) is 10.0. The van der Waals surface area contributed by atoms with Gasteiger partial charge in [0.1, 0.15) is 11.9 Å². The van der Waals surface area contributed by atoms with Crippen LogP contribution in [0.1, 0.15) is 49.0 Å². The molecular weight excluding hydrogens is 471 g/mol. The number of carbonyl (C=O) groups is 1. The summed E-state index contributed by atoms with van der Waals surface area (Å²) in [6.45, 7) is 4.22. The van der Waals surface area contributed by atoms with Crippen LogP contribution >= 0.6 is 11.3 Å². The Hall–Kier alpha value is -2.93. The summed E-state index contributed by atoms with van der Waals surface area (Å²) in [5.41, 5.74) is 4.20. The summed E-state index contributed by atoms with van der Waals surface area (Å²) < 4.78 is 13.5. The molecule has 0 spiro atoms. The Morgan fingerprint density at radius 2 is 1.97 bits per heavy atom. The molecule has 1 fully saturated rings. The fourth-order valence-electron chi connectivity index (χ4n) is 5.57. The van der Waals surface area contributed by atoms with Gasteiger partial charge in [-0.15, -0.1) is 11.3 Å². The Balaban J connectivity index is 1.24. The Bertz CT molecular complexity index is 1180. The predicted octanol–water partition coefficient (Wildman–Crippen LogP) is 6.19. The van der Waals surface area contributed by atoms with Crippen molar-refractivity contribution in [2.24, 2.45) is 5.92 Å². The van der Waals surface area contributed by atoms with Gasteiger partial charge in [-0.2, -0.15) is 0 Å². The van der Waals surface area contributed by atoms with Crippen LogP contribution in [0.25, 0.3) is 11.3 Å². The van der Waals surface area contributed by atoms with Gasteiger partial charge >= 0.3 is 0 Å². The minimum absolute atomic E-state index is 0.0354. The van der Waals surface area contributed by atoms with E-state index in [4.69, 9.17) is 4.98 Å². The third kappa shape index (κ3) is 5.89. The maximum absolute atomic E-state index is 13.5. The van der Waals surface area contributed by atoms with E-state index in [9.17, 15) is 9.18 Å². The molecule has 1 aromatic heterocycles. The zero-order chi connectivity index (χ0) is 24.9. The number of nitrogens with zero attached hydrogens (tertiary/aromatic N) is 2. The topological polar surface area (TPSA) is 57.3 Å². The van der Waals surface area contributed by atoms with Crippen LogP contribution in [0.5, 0.6) is 0 Å². The number of rotatable bonds is 9. The number of aryl methyl sites for hydroxylation is 1. The summed E-state index contributed by atoms with van der Waals surface area (Å²) in [7, 11) is 0. The monoisotopic (exact) mass is 506 g/mol. The smallest absolute Gasteiger partial charge is 0.242 e. The van der Waals surface area contributed by atoms with Gasteiger partial charge in [0.05, 0.1) is 5.69 Å². The van der Waals surface area contributed by atoms with Crippen LogP contribution in [0.2, 0.25) is 0 Å². The van der Waals surface area contributed by atoms with E-state index in [-0.39, 0.29) is 17.8 Å². The van der Waals surface area contributed by atoms with Gasteiger partial charge in [0, 0.05) is 35.8 Å². The average Bonchev–Trinajstić information content (AvgIpc) is 3.47. The molecule has 2 aromatic carbocycles. The molecule has 0 saturated heterocycles. The number of hydrogen-bond donors (Lipinski definition) is 2. The van der Waals surface area contributed by atoms with Crippen LogP contribution in [0.4, 0.5) is 15.2 Å². The molecule has 2 aliphatic rings. The lowest BCUT2D eigenvalue weighted by Crippen LogP contribution is -2.43. The summed E-state index contributed by atoms with van der Waals surface area (Å²) >= 11 is 1.61. The second-order valence-corrected chi connectivity index (χ2v) is 11.2. The number of carbonyl (C=O) groups excluding carboxylic acids is 1. The van der Waals surface area contributed by atoms with Crippen molar-refractivity contribution in [1.82, 2.24) is 10.3 Å². The van der Waals surface area contributed by atoms with Gasteiger partial charge in [0.15, 0.2) is 5.13 Å². The molecule has 5 nitrogen and oxygen atoms in total. The van der Waals surface area contributed by atoms with Gasteiger partial charge < -0.3 is 15.5 Å². The van der Waals surface area contributed by atoms with Crippen molar-refractivity contribution in [3.63, 3.8) is 0 Å². The molecule has 1 saturated carbocycles. The largest absolute Gasteiger partial charge is 0.369 e. The SMILES string of the molecule is Cc1sc(N[C@@H](CC2CCCCC2)C(=O)NCCN2CCc3cc(F)ccc32)nc1-c1ccccc1. The third-order valence-corrected chi connectivity index (χ3v) is 8.37.